The zero-order valence-electron chi connectivity index (χ0n) is 13.3. The molecule has 0 spiro atoms. The Kier molecular flexibility index (Phi) is 5.80. The van der Waals surface area contributed by atoms with Crippen LogP contribution in [0.25, 0.3) is 0 Å². The Bertz CT molecular complexity index is 581. The van der Waals surface area contributed by atoms with Crippen molar-refractivity contribution in [2.24, 2.45) is 0 Å². The Morgan fingerprint density at radius 1 is 1.27 bits per heavy atom. The molecule has 2 rings (SSSR count). The van der Waals surface area contributed by atoms with Crippen LogP contribution in [0, 0.1) is 0 Å². The Labute approximate surface area is 132 Å². The van der Waals surface area contributed by atoms with E-state index in [9.17, 15) is 8.42 Å². The Hall–Kier alpha value is -1.15. The Morgan fingerprint density at radius 3 is 2.55 bits per heavy atom. The lowest BCUT2D eigenvalue weighted by atomic mass is 10.1. The molecule has 0 bridgehead atoms. The first-order valence-corrected chi connectivity index (χ1v) is 8.88. The van der Waals surface area contributed by atoms with E-state index >= 15 is 0 Å². The first-order valence-electron chi connectivity index (χ1n) is 7.44. The normalized spacial score (nSPS) is 23.4. The lowest BCUT2D eigenvalue weighted by Crippen LogP contribution is -2.52. The van der Waals surface area contributed by atoms with Crippen molar-refractivity contribution in [1.29, 1.82) is 0 Å². The summed E-state index contributed by atoms with van der Waals surface area (Å²) in [4.78, 5) is 0. The van der Waals surface area contributed by atoms with Gasteiger partial charge in [-0.25, -0.2) is 4.72 Å². The summed E-state index contributed by atoms with van der Waals surface area (Å²) in [7, 11) is -1.87. The van der Waals surface area contributed by atoms with Gasteiger partial charge >= 0.3 is 0 Å². The highest BCUT2D eigenvalue weighted by molar-refractivity contribution is 7.87. The summed E-state index contributed by atoms with van der Waals surface area (Å²) in [5.74, 6) is 0.773. The summed E-state index contributed by atoms with van der Waals surface area (Å²) < 4.78 is 39.6. The van der Waals surface area contributed by atoms with Gasteiger partial charge in [0.25, 0.3) is 10.2 Å². The predicted octanol–water partition coefficient (Wildman–Crippen LogP) is 1.18. The number of methoxy groups -OCH3 is 1. The third-order valence-corrected chi connectivity index (χ3v) is 5.14. The molecule has 6 nitrogen and oxygen atoms in total. The van der Waals surface area contributed by atoms with Crippen LogP contribution in [0.1, 0.15) is 19.4 Å². The monoisotopic (exact) mass is 328 g/mol. The van der Waals surface area contributed by atoms with Gasteiger partial charge in [0.1, 0.15) is 5.75 Å². The molecule has 2 atom stereocenters. The highest BCUT2D eigenvalue weighted by Crippen LogP contribution is 2.18. The van der Waals surface area contributed by atoms with Gasteiger partial charge in [-0.3, -0.25) is 0 Å². The lowest BCUT2D eigenvalue weighted by Gasteiger charge is -2.34. The number of morpholine rings is 1. The summed E-state index contributed by atoms with van der Waals surface area (Å²) in [5, 5.41) is 0. The topological polar surface area (TPSA) is 67.9 Å². The molecule has 0 aliphatic carbocycles. The number of hydrogen-bond acceptors (Lipinski definition) is 4. The lowest BCUT2D eigenvalue weighted by molar-refractivity contribution is -0.0443. The quantitative estimate of drug-likeness (QED) is 0.851. The van der Waals surface area contributed by atoms with E-state index in [4.69, 9.17) is 9.47 Å². The molecule has 0 amide bonds. The van der Waals surface area contributed by atoms with E-state index in [1.54, 1.807) is 7.11 Å². The molecule has 0 radical (unpaired) electrons. The minimum atomic E-state index is -3.48. The molecule has 1 aromatic carbocycles. The highest BCUT2D eigenvalue weighted by Gasteiger charge is 2.30. The molecule has 1 heterocycles. The zero-order valence-corrected chi connectivity index (χ0v) is 14.1. The van der Waals surface area contributed by atoms with Crippen LogP contribution in [0.3, 0.4) is 0 Å². The van der Waals surface area contributed by atoms with Crippen molar-refractivity contribution in [2.45, 2.75) is 32.5 Å². The van der Waals surface area contributed by atoms with E-state index in [0.717, 1.165) is 11.3 Å². The molecule has 1 fully saturated rings. The van der Waals surface area contributed by atoms with Gasteiger partial charge in [-0.15, -0.1) is 0 Å². The Morgan fingerprint density at radius 2 is 1.91 bits per heavy atom. The second-order valence-corrected chi connectivity index (χ2v) is 7.29. The van der Waals surface area contributed by atoms with Crippen LogP contribution in [-0.4, -0.2) is 51.7 Å². The van der Waals surface area contributed by atoms with E-state index in [1.165, 1.54) is 4.31 Å². The first-order chi connectivity index (χ1) is 10.4. The van der Waals surface area contributed by atoms with Crippen LogP contribution in [0.5, 0.6) is 5.75 Å². The number of ether oxygens (including phenoxy) is 2. The average Bonchev–Trinajstić information content (AvgIpc) is 2.46. The SMILES string of the molecule is COc1ccccc1CCNS(=O)(=O)N1CC(C)OC(C)C1. The van der Waals surface area contributed by atoms with Gasteiger partial charge in [0.15, 0.2) is 0 Å². The molecule has 1 N–H and O–H groups in total. The van der Waals surface area contributed by atoms with E-state index in [1.807, 2.05) is 38.1 Å². The molecule has 1 saturated heterocycles. The predicted molar refractivity (Wildman–Crippen MR) is 85.2 cm³/mol. The van der Waals surface area contributed by atoms with Crippen molar-refractivity contribution in [2.75, 3.05) is 26.7 Å². The van der Waals surface area contributed by atoms with Crippen molar-refractivity contribution in [1.82, 2.24) is 9.03 Å². The molecule has 1 aliphatic rings. The fourth-order valence-electron chi connectivity index (χ4n) is 2.64. The van der Waals surface area contributed by atoms with Crippen LogP contribution in [0.4, 0.5) is 0 Å². The van der Waals surface area contributed by atoms with Crippen LogP contribution in [0.15, 0.2) is 24.3 Å². The fourth-order valence-corrected chi connectivity index (χ4v) is 4.00. The van der Waals surface area contributed by atoms with Crippen molar-refractivity contribution in [3.63, 3.8) is 0 Å². The van der Waals surface area contributed by atoms with Gasteiger partial charge in [0, 0.05) is 19.6 Å². The number of hydrogen-bond donors (Lipinski definition) is 1. The average molecular weight is 328 g/mol. The second kappa shape index (κ2) is 7.41. The third-order valence-electron chi connectivity index (χ3n) is 3.60. The molecule has 22 heavy (non-hydrogen) atoms. The summed E-state index contributed by atoms with van der Waals surface area (Å²) in [6.45, 7) is 4.87. The summed E-state index contributed by atoms with van der Waals surface area (Å²) in [6.07, 6.45) is 0.405. The summed E-state index contributed by atoms with van der Waals surface area (Å²) >= 11 is 0. The number of benzene rings is 1. The largest absolute Gasteiger partial charge is 0.496 e. The van der Waals surface area contributed by atoms with Crippen LogP contribution >= 0.6 is 0 Å². The minimum absolute atomic E-state index is 0.0884. The number of nitrogens with one attached hydrogen (secondary N) is 1. The van der Waals surface area contributed by atoms with Crippen molar-refractivity contribution >= 4 is 10.2 Å². The molecule has 0 aromatic heterocycles. The van der Waals surface area contributed by atoms with Gasteiger partial charge in [0.05, 0.1) is 19.3 Å². The molecular formula is C15H24N2O4S. The van der Waals surface area contributed by atoms with Gasteiger partial charge in [-0.1, -0.05) is 18.2 Å². The number of rotatable bonds is 6. The Balaban J connectivity index is 1.92. The maximum absolute atomic E-state index is 12.3. The third kappa shape index (κ3) is 4.42. The first kappa shape index (κ1) is 17.2. The van der Waals surface area contributed by atoms with E-state index in [0.29, 0.717) is 26.1 Å². The van der Waals surface area contributed by atoms with Crippen LogP contribution in [0.2, 0.25) is 0 Å². The van der Waals surface area contributed by atoms with Crippen molar-refractivity contribution in [3.05, 3.63) is 29.8 Å². The van der Waals surface area contributed by atoms with E-state index in [-0.39, 0.29) is 12.2 Å². The van der Waals surface area contributed by atoms with Gasteiger partial charge in [-0.05, 0) is 31.9 Å². The number of para-hydroxylation sites is 1. The molecule has 124 valence electrons. The highest BCUT2D eigenvalue weighted by atomic mass is 32.2. The molecule has 1 aromatic rings. The smallest absolute Gasteiger partial charge is 0.279 e. The van der Waals surface area contributed by atoms with Gasteiger partial charge in [0.2, 0.25) is 0 Å². The minimum Gasteiger partial charge on any atom is -0.496 e. The molecule has 2 unspecified atom stereocenters. The van der Waals surface area contributed by atoms with E-state index in [2.05, 4.69) is 4.72 Å². The molecular weight excluding hydrogens is 304 g/mol. The second-order valence-electron chi connectivity index (χ2n) is 5.54. The van der Waals surface area contributed by atoms with Crippen LogP contribution < -0.4 is 9.46 Å². The zero-order chi connectivity index (χ0) is 16.2. The van der Waals surface area contributed by atoms with E-state index < -0.39 is 10.2 Å². The molecule has 1 aliphatic heterocycles. The summed E-state index contributed by atoms with van der Waals surface area (Å²) in [5.41, 5.74) is 0.983. The van der Waals surface area contributed by atoms with Gasteiger partial charge < -0.3 is 9.47 Å². The number of nitrogens with zero attached hydrogens (tertiary/aromatic N) is 1. The molecule has 7 heteroatoms. The van der Waals surface area contributed by atoms with Crippen LogP contribution in [-0.2, 0) is 21.4 Å². The maximum atomic E-state index is 12.3. The summed E-state index contributed by atoms with van der Waals surface area (Å²) in [6, 6.07) is 7.61. The maximum Gasteiger partial charge on any atom is 0.279 e. The van der Waals surface area contributed by atoms with Crippen molar-refractivity contribution in [3.8, 4) is 5.75 Å². The standard InChI is InChI=1S/C15H24N2O4S/c1-12-10-17(11-13(2)21-12)22(18,19)16-9-8-14-6-4-5-7-15(14)20-3/h4-7,12-13,16H,8-11H2,1-3H3. The van der Waals surface area contributed by atoms with Gasteiger partial charge in [-0.2, -0.15) is 12.7 Å². The van der Waals surface area contributed by atoms with Crippen molar-refractivity contribution < 1.29 is 17.9 Å². The fraction of sp³-hybridized carbons (Fsp3) is 0.600. The molecule has 0 saturated carbocycles.